The van der Waals surface area contributed by atoms with Crippen LogP contribution in [0, 0.1) is 0 Å². The number of nitrogens with zero attached hydrogens (tertiary/aromatic N) is 3. The molecule has 0 spiro atoms. The standard InChI is InChI=1S/C9H12BrN5/c1-2-12-7-3-4-8-13-6(5-11)9(10)15(8)14-7/h3-4H,2,5,11H2,1H3,(H,12,14). The predicted molar refractivity (Wildman–Crippen MR) is 62.7 cm³/mol. The van der Waals surface area contributed by atoms with Crippen LogP contribution in [0.15, 0.2) is 16.7 Å². The highest BCUT2D eigenvalue weighted by atomic mass is 79.9. The molecule has 0 radical (unpaired) electrons. The third-order valence-electron chi connectivity index (χ3n) is 2.04. The van der Waals surface area contributed by atoms with Gasteiger partial charge < -0.3 is 11.1 Å². The average molecular weight is 270 g/mol. The summed E-state index contributed by atoms with van der Waals surface area (Å²) in [6.07, 6.45) is 0. The molecule has 2 aromatic rings. The highest BCUT2D eigenvalue weighted by Crippen LogP contribution is 2.18. The zero-order valence-electron chi connectivity index (χ0n) is 8.37. The summed E-state index contributed by atoms with van der Waals surface area (Å²) in [5.41, 5.74) is 7.17. The molecule has 2 rings (SSSR count). The fraction of sp³-hybridized carbons (Fsp3) is 0.333. The van der Waals surface area contributed by atoms with Gasteiger partial charge in [0.25, 0.3) is 0 Å². The van der Waals surface area contributed by atoms with Crippen LogP contribution < -0.4 is 11.1 Å². The summed E-state index contributed by atoms with van der Waals surface area (Å²) in [4.78, 5) is 4.33. The normalized spacial score (nSPS) is 10.9. The molecule has 80 valence electrons. The lowest BCUT2D eigenvalue weighted by atomic mass is 10.5. The van der Waals surface area contributed by atoms with Crippen LogP contribution in [0.25, 0.3) is 5.65 Å². The first-order valence-electron chi connectivity index (χ1n) is 4.74. The highest BCUT2D eigenvalue weighted by molar-refractivity contribution is 9.10. The Balaban J connectivity index is 2.54. The van der Waals surface area contributed by atoms with Gasteiger partial charge in [-0.05, 0) is 35.0 Å². The molecule has 0 unspecified atom stereocenters. The Labute approximate surface area is 95.8 Å². The quantitative estimate of drug-likeness (QED) is 0.884. The number of nitrogens with two attached hydrogens (primary N) is 1. The maximum Gasteiger partial charge on any atom is 0.155 e. The number of aromatic nitrogens is 3. The van der Waals surface area contributed by atoms with E-state index >= 15 is 0 Å². The first-order valence-corrected chi connectivity index (χ1v) is 5.53. The van der Waals surface area contributed by atoms with Gasteiger partial charge in [0.05, 0.1) is 5.69 Å². The third kappa shape index (κ3) is 1.82. The zero-order chi connectivity index (χ0) is 10.8. The van der Waals surface area contributed by atoms with E-state index in [4.69, 9.17) is 5.73 Å². The van der Waals surface area contributed by atoms with E-state index in [0.717, 1.165) is 28.3 Å². The first kappa shape index (κ1) is 10.4. The van der Waals surface area contributed by atoms with Crippen LogP contribution in [0.1, 0.15) is 12.6 Å². The Hall–Kier alpha value is -1.14. The van der Waals surface area contributed by atoms with E-state index in [1.54, 1.807) is 4.52 Å². The maximum atomic E-state index is 5.56. The summed E-state index contributed by atoms with van der Waals surface area (Å²) in [5.74, 6) is 0.826. The molecule has 15 heavy (non-hydrogen) atoms. The Bertz CT molecular complexity index is 479. The number of hydrogen-bond donors (Lipinski definition) is 2. The monoisotopic (exact) mass is 269 g/mol. The molecular formula is C9H12BrN5. The Morgan fingerprint density at radius 1 is 1.53 bits per heavy atom. The lowest BCUT2D eigenvalue weighted by Gasteiger charge is -2.02. The number of nitrogens with one attached hydrogen (secondary N) is 1. The summed E-state index contributed by atoms with van der Waals surface area (Å²) in [6, 6.07) is 3.81. The van der Waals surface area contributed by atoms with Crippen LogP contribution >= 0.6 is 15.9 Å². The van der Waals surface area contributed by atoms with Crippen molar-refractivity contribution in [1.29, 1.82) is 0 Å². The fourth-order valence-electron chi connectivity index (χ4n) is 1.36. The van der Waals surface area contributed by atoms with Crippen molar-refractivity contribution in [2.75, 3.05) is 11.9 Å². The average Bonchev–Trinajstić information content (AvgIpc) is 2.56. The number of fused-ring (bicyclic) bond motifs is 1. The molecule has 0 atom stereocenters. The van der Waals surface area contributed by atoms with Gasteiger partial charge in [-0.2, -0.15) is 0 Å². The molecule has 2 aromatic heterocycles. The van der Waals surface area contributed by atoms with Crippen molar-refractivity contribution in [2.24, 2.45) is 5.73 Å². The molecule has 5 nitrogen and oxygen atoms in total. The summed E-state index contributed by atoms with van der Waals surface area (Å²) in [5, 5.41) is 7.52. The third-order valence-corrected chi connectivity index (χ3v) is 2.83. The van der Waals surface area contributed by atoms with Crippen LogP contribution in [0.5, 0.6) is 0 Å². The second-order valence-electron chi connectivity index (χ2n) is 3.07. The van der Waals surface area contributed by atoms with E-state index in [2.05, 4.69) is 31.3 Å². The van der Waals surface area contributed by atoms with Gasteiger partial charge in [0.2, 0.25) is 0 Å². The molecule has 0 amide bonds. The number of halogens is 1. The van der Waals surface area contributed by atoms with Crippen LogP contribution in [-0.4, -0.2) is 21.1 Å². The number of rotatable bonds is 3. The smallest absolute Gasteiger partial charge is 0.155 e. The minimum absolute atomic E-state index is 0.403. The summed E-state index contributed by atoms with van der Waals surface area (Å²) in [6.45, 7) is 3.27. The van der Waals surface area contributed by atoms with E-state index in [1.165, 1.54) is 0 Å². The van der Waals surface area contributed by atoms with Gasteiger partial charge in [-0.1, -0.05) is 0 Å². The van der Waals surface area contributed by atoms with Crippen LogP contribution in [0.2, 0.25) is 0 Å². The largest absolute Gasteiger partial charge is 0.369 e. The molecule has 0 aliphatic rings. The molecule has 0 bridgehead atoms. The Kier molecular flexibility index (Phi) is 2.88. The van der Waals surface area contributed by atoms with Gasteiger partial charge in [-0.3, -0.25) is 0 Å². The van der Waals surface area contributed by atoms with Crippen molar-refractivity contribution < 1.29 is 0 Å². The topological polar surface area (TPSA) is 68.2 Å². The van der Waals surface area contributed by atoms with Crippen LogP contribution in [0.3, 0.4) is 0 Å². The van der Waals surface area contributed by atoms with E-state index in [0.29, 0.717) is 6.54 Å². The SMILES string of the molecule is CCNc1ccc2nc(CN)c(Br)n2n1. The fourth-order valence-corrected chi connectivity index (χ4v) is 1.87. The van der Waals surface area contributed by atoms with Gasteiger partial charge in [0.15, 0.2) is 5.65 Å². The van der Waals surface area contributed by atoms with Crippen molar-refractivity contribution >= 4 is 27.4 Å². The number of imidazole rings is 1. The summed E-state index contributed by atoms with van der Waals surface area (Å²) in [7, 11) is 0. The maximum absolute atomic E-state index is 5.56. The molecular weight excluding hydrogens is 258 g/mol. The first-order chi connectivity index (χ1) is 7.26. The molecule has 3 N–H and O–H groups in total. The van der Waals surface area contributed by atoms with E-state index in [9.17, 15) is 0 Å². The number of anilines is 1. The van der Waals surface area contributed by atoms with Gasteiger partial charge in [0.1, 0.15) is 10.4 Å². The minimum atomic E-state index is 0.403. The van der Waals surface area contributed by atoms with Crippen LogP contribution in [0.4, 0.5) is 5.82 Å². The van der Waals surface area contributed by atoms with Gasteiger partial charge in [-0.25, -0.2) is 9.50 Å². The molecule has 6 heteroatoms. The predicted octanol–water partition coefficient (Wildman–Crippen LogP) is 1.38. The molecule has 0 fully saturated rings. The van der Waals surface area contributed by atoms with Crippen molar-refractivity contribution in [3.05, 3.63) is 22.4 Å². The van der Waals surface area contributed by atoms with Crippen LogP contribution in [-0.2, 0) is 6.54 Å². The second-order valence-corrected chi connectivity index (χ2v) is 3.82. The van der Waals surface area contributed by atoms with Crippen molar-refractivity contribution in [1.82, 2.24) is 14.6 Å². The van der Waals surface area contributed by atoms with Gasteiger partial charge in [-0.15, -0.1) is 5.10 Å². The summed E-state index contributed by atoms with van der Waals surface area (Å²) < 4.78 is 2.56. The minimum Gasteiger partial charge on any atom is -0.369 e. The molecule has 0 saturated carbocycles. The van der Waals surface area contributed by atoms with Crippen molar-refractivity contribution in [3.8, 4) is 0 Å². The molecule has 0 saturated heterocycles. The lowest BCUT2D eigenvalue weighted by Crippen LogP contribution is -2.03. The number of hydrogen-bond acceptors (Lipinski definition) is 4. The lowest BCUT2D eigenvalue weighted by molar-refractivity contribution is 0.900. The molecule has 2 heterocycles. The highest BCUT2D eigenvalue weighted by Gasteiger charge is 2.09. The van der Waals surface area contributed by atoms with Crippen molar-refractivity contribution in [3.63, 3.8) is 0 Å². The van der Waals surface area contributed by atoms with E-state index < -0.39 is 0 Å². The Morgan fingerprint density at radius 2 is 2.33 bits per heavy atom. The molecule has 0 aliphatic carbocycles. The van der Waals surface area contributed by atoms with Gasteiger partial charge in [0, 0.05) is 13.1 Å². The second kappa shape index (κ2) is 4.16. The van der Waals surface area contributed by atoms with E-state index in [1.807, 2.05) is 19.1 Å². The van der Waals surface area contributed by atoms with E-state index in [-0.39, 0.29) is 0 Å². The van der Waals surface area contributed by atoms with Gasteiger partial charge >= 0.3 is 0 Å². The molecule has 0 aromatic carbocycles. The van der Waals surface area contributed by atoms with Crippen molar-refractivity contribution in [2.45, 2.75) is 13.5 Å². The zero-order valence-corrected chi connectivity index (χ0v) is 9.95. The Morgan fingerprint density at radius 3 is 3.00 bits per heavy atom. The summed E-state index contributed by atoms with van der Waals surface area (Å²) >= 11 is 3.43. The molecule has 0 aliphatic heterocycles.